The van der Waals surface area contributed by atoms with Gasteiger partial charge in [-0.2, -0.15) is 26.3 Å². The number of carbonyl (C=O) groups is 4. The Morgan fingerprint density at radius 2 is 1.44 bits per heavy atom. The van der Waals surface area contributed by atoms with Crippen LogP contribution in [0.25, 0.3) is 0 Å². The number of carbonyl (C=O) groups excluding carboxylic acids is 4. The Hall–Kier alpha value is -2.54. The molecule has 6 unspecified atom stereocenters. The largest absolute Gasteiger partial charge is 0.550 e. The molecule has 7 fully saturated rings. The van der Waals surface area contributed by atoms with Crippen LogP contribution in [0.4, 0.5) is 26.3 Å². The molecule has 0 N–H and O–H groups in total. The normalized spacial score (nSPS) is 42.0. The molecule has 7 rings (SSSR count). The molecule has 1 aliphatic heterocycles. The number of esters is 3. The zero-order chi connectivity index (χ0) is 28.3. The van der Waals surface area contributed by atoms with Crippen molar-refractivity contribution in [1.82, 2.24) is 0 Å². The van der Waals surface area contributed by atoms with Gasteiger partial charge in [-0.15, -0.1) is 0 Å². The van der Waals surface area contributed by atoms with Crippen molar-refractivity contribution in [3.63, 3.8) is 0 Å². The smallest absolute Gasteiger partial charge is 0.437 e. The fourth-order valence-corrected chi connectivity index (χ4v) is 9.03. The first kappa shape index (κ1) is 26.7. The molecule has 6 aliphatic carbocycles. The van der Waals surface area contributed by atoms with Crippen LogP contribution in [-0.4, -0.2) is 54.0 Å². The monoisotopic (exact) mass is 567 g/mol. The number of ether oxygens (including phenoxy) is 3. The second-order valence-electron chi connectivity index (χ2n) is 12.4. The van der Waals surface area contributed by atoms with E-state index >= 15 is 0 Å². The highest BCUT2D eigenvalue weighted by atomic mass is 19.4. The van der Waals surface area contributed by atoms with E-state index in [1.807, 2.05) is 0 Å². The van der Waals surface area contributed by atoms with Gasteiger partial charge in [0.05, 0.1) is 17.3 Å². The number of fused-ring (bicyclic) bond motifs is 1. The minimum atomic E-state index is -6.36. The Morgan fingerprint density at radius 1 is 0.897 bits per heavy atom. The Morgan fingerprint density at radius 3 is 1.92 bits per heavy atom. The number of carboxylic acid groups (broad SMARTS) is 1. The summed E-state index contributed by atoms with van der Waals surface area (Å²) in [5.74, 6) is -10.3. The number of carboxylic acids is 1. The second-order valence-corrected chi connectivity index (χ2v) is 12.4. The average molecular weight is 567 g/mol. The highest BCUT2D eigenvalue weighted by Crippen LogP contribution is 2.63. The molecule has 6 atom stereocenters. The Bertz CT molecular complexity index is 1070. The summed E-state index contributed by atoms with van der Waals surface area (Å²) in [6.07, 6.45) is -12.7. The number of hydrogen-bond acceptors (Lipinski definition) is 8. The topological polar surface area (TPSA) is 119 Å². The van der Waals surface area contributed by atoms with Gasteiger partial charge >= 0.3 is 35.9 Å². The highest BCUT2D eigenvalue weighted by Gasteiger charge is 2.76. The van der Waals surface area contributed by atoms with Crippen LogP contribution in [0, 0.1) is 46.8 Å². The first-order valence-corrected chi connectivity index (χ1v) is 13.0. The summed E-state index contributed by atoms with van der Waals surface area (Å²) in [5, 5.41) is 10.9. The third-order valence-corrected chi connectivity index (χ3v) is 10.1. The maximum atomic E-state index is 13.7. The van der Waals surface area contributed by atoms with Crippen LogP contribution in [-0.2, 0) is 33.4 Å². The third kappa shape index (κ3) is 3.78. The van der Waals surface area contributed by atoms with Crippen LogP contribution in [0.5, 0.6) is 0 Å². The average Bonchev–Trinajstić information content (AvgIpc) is 3.39. The van der Waals surface area contributed by atoms with Gasteiger partial charge in [0.2, 0.25) is 0 Å². The zero-order valence-electron chi connectivity index (χ0n) is 20.4. The van der Waals surface area contributed by atoms with Gasteiger partial charge in [-0.3, -0.25) is 14.4 Å². The predicted octanol–water partition coefficient (Wildman–Crippen LogP) is 2.47. The molecule has 0 spiro atoms. The van der Waals surface area contributed by atoms with Crippen LogP contribution in [0.15, 0.2) is 0 Å². The predicted molar refractivity (Wildman–Crippen MR) is 109 cm³/mol. The van der Waals surface area contributed by atoms with Gasteiger partial charge in [-0.25, -0.2) is 0 Å². The lowest BCUT2D eigenvalue weighted by molar-refractivity contribution is -0.382. The third-order valence-electron chi connectivity index (χ3n) is 10.1. The van der Waals surface area contributed by atoms with Crippen LogP contribution in [0.2, 0.25) is 0 Å². The summed E-state index contributed by atoms with van der Waals surface area (Å²) >= 11 is 0. The molecule has 1 saturated heterocycles. The molecular formula is C25H25F6O8-. The molecule has 0 aromatic carbocycles. The molecule has 0 amide bonds. The van der Waals surface area contributed by atoms with Crippen LogP contribution in [0.3, 0.4) is 0 Å². The quantitative estimate of drug-likeness (QED) is 0.273. The van der Waals surface area contributed by atoms with Crippen molar-refractivity contribution >= 4 is 23.9 Å². The molecule has 8 nitrogen and oxygen atoms in total. The minimum absolute atomic E-state index is 0.00875. The summed E-state index contributed by atoms with van der Waals surface area (Å²) in [7, 11) is 0. The highest BCUT2D eigenvalue weighted by molar-refractivity contribution is 5.87. The number of rotatable bonds is 6. The van der Waals surface area contributed by atoms with Crippen LogP contribution < -0.4 is 5.11 Å². The van der Waals surface area contributed by atoms with E-state index in [4.69, 9.17) is 9.47 Å². The molecule has 7 aliphatic rings. The van der Waals surface area contributed by atoms with Crippen LogP contribution >= 0.6 is 0 Å². The van der Waals surface area contributed by atoms with E-state index in [-0.39, 0.29) is 6.42 Å². The molecule has 0 radical (unpaired) electrons. The lowest BCUT2D eigenvalue weighted by Gasteiger charge is -2.55. The van der Waals surface area contributed by atoms with Gasteiger partial charge in [-0.1, -0.05) is 0 Å². The molecule has 14 heteroatoms. The molecular weight excluding hydrogens is 542 g/mol. The fraction of sp³-hybridized carbons (Fsp3) is 0.840. The van der Waals surface area contributed by atoms with Crippen molar-refractivity contribution in [3.8, 4) is 0 Å². The Kier molecular flexibility index (Phi) is 5.64. The van der Waals surface area contributed by atoms with E-state index in [1.54, 1.807) is 0 Å². The van der Waals surface area contributed by atoms with Crippen molar-refractivity contribution in [2.45, 2.75) is 81.5 Å². The van der Waals surface area contributed by atoms with Gasteiger partial charge in [0.1, 0.15) is 12.2 Å². The van der Waals surface area contributed by atoms with E-state index in [1.165, 1.54) is 0 Å². The fourth-order valence-electron chi connectivity index (χ4n) is 9.03. The molecule has 1 heterocycles. The van der Waals surface area contributed by atoms with E-state index in [2.05, 4.69) is 4.74 Å². The molecule has 0 aromatic heterocycles. The Balaban J connectivity index is 1.27. The van der Waals surface area contributed by atoms with Gasteiger partial charge in [0.25, 0.3) is 0 Å². The SMILES string of the molecule is O=C([O-])CC(OC(=O)C1C2CC3C(OC(=O)C31)C2OC(=O)C12CC3CC(CC(C3)C1)C2)(C(F)(F)F)C(F)(F)F. The summed E-state index contributed by atoms with van der Waals surface area (Å²) in [5.41, 5.74) is -6.13. The van der Waals surface area contributed by atoms with Crippen molar-refractivity contribution in [1.29, 1.82) is 0 Å². The number of alkyl halides is 6. The van der Waals surface area contributed by atoms with Gasteiger partial charge in [0.15, 0.2) is 0 Å². The first-order chi connectivity index (χ1) is 18.1. The zero-order valence-corrected chi connectivity index (χ0v) is 20.4. The standard InChI is InChI=1S/C25H26F6O8/c26-24(27,28)23(8-14(32)33,25(29,30)31)39-20(35)16-13-4-12-15(16)19(34)37-17(12)18(13)38-21(36)22-5-9-1-10(6-22)3-11(2-9)7-22/h9-13,15-18H,1-8H2,(H,32,33)/p-1. The number of aliphatic carboxylic acids is 1. The van der Waals surface area contributed by atoms with Gasteiger partial charge in [0, 0.05) is 24.2 Å². The number of hydrogen-bond donors (Lipinski definition) is 0. The van der Waals surface area contributed by atoms with E-state index in [0.29, 0.717) is 37.0 Å². The van der Waals surface area contributed by atoms with E-state index in [9.17, 15) is 50.6 Å². The molecule has 6 bridgehead atoms. The lowest BCUT2D eigenvalue weighted by atomic mass is 9.49. The molecule has 0 aromatic rings. The molecule has 39 heavy (non-hydrogen) atoms. The van der Waals surface area contributed by atoms with Crippen LogP contribution in [0.1, 0.15) is 51.4 Å². The van der Waals surface area contributed by atoms with Crippen molar-refractivity contribution in [2.24, 2.45) is 46.8 Å². The van der Waals surface area contributed by atoms with Crippen molar-refractivity contribution < 1.29 is 64.8 Å². The molecule has 6 saturated carbocycles. The van der Waals surface area contributed by atoms with Crippen molar-refractivity contribution in [3.05, 3.63) is 0 Å². The number of halogens is 6. The maximum absolute atomic E-state index is 13.7. The van der Waals surface area contributed by atoms with Crippen molar-refractivity contribution in [2.75, 3.05) is 0 Å². The van der Waals surface area contributed by atoms with Gasteiger partial charge < -0.3 is 24.1 Å². The van der Waals surface area contributed by atoms with E-state index in [0.717, 1.165) is 19.3 Å². The lowest BCUT2D eigenvalue weighted by Crippen LogP contribution is -2.62. The Labute approximate surface area is 217 Å². The van der Waals surface area contributed by atoms with Gasteiger partial charge in [-0.05, 0) is 62.7 Å². The second kappa shape index (κ2) is 8.25. The summed E-state index contributed by atoms with van der Waals surface area (Å²) in [6, 6.07) is 0. The summed E-state index contributed by atoms with van der Waals surface area (Å²) in [6.45, 7) is 0. The molecule has 216 valence electrons. The minimum Gasteiger partial charge on any atom is -0.550 e. The summed E-state index contributed by atoms with van der Waals surface area (Å²) in [4.78, 5) is 50.1. The summed E-state index contributed by atoms with van der Waals surface area (Å²) < 4.78 is 97.3. The first-order valence-electron chi connectivity index (χ1n) is 13.0. The van der Waals surface area contributed by atoms with E-state index < -0.39 is 89.5 Å². The maximum Gasteiger partial charge on any atom is 0.437 e.